The number of hydrogen-bond donors (Lipinski definition) is 0. The molecule has 2 aromatic heterocycles. The van der Waals surface area contributed by atoms with Gasteiger partial charge in [0.2, 0.25) is 0 Å². The van der Waals surface area contributed by atoms with Gasteiger partial charge in [0.25, 0.3) is 5.91 Å². The summed E-state index contributed by atoms with van der Waals surface area (Å²) in [7, 11) is 5.03. The van der Waals surface area contributed by atoms with Gasteiger partial charge in [-0.25, -0.2) is 14.6 Å². The van der Waals surface area contributed by atoms with E-state index < -0.39 is 0 Å². The second kappa shape index (κ2) is 7.46. The first-order valence-corrected chi connectivity index (χ1v) is 9.27. The number of carbonyl (C=O) groups is 1. The average Bonchev–Trinajstić information content (AvgIpc) is 3.09. The Bertz CT molecular complexity index is 1010. The summed E-state index contributed by atoms with van der Waals surface area (Å²) in [5.41, 5.74) is 3.23. The average molecular weight is 381 g/mol. The molecule has 0 spiro atoms. The van der Waals surface area contributed by atoms with Crippen LogP contribution in [0.15, 0.2) is 30.6 Å². The molecule has 0 N–H and O–H groups in total. The summed E-state index contributed by atoms with van der Waals surface area (Å²) in [5, 5.41) is 4.64. The fourth-order valence-corrected chi connectivity index (χ4v) is 3.79. The van der Waals surface area contributed by atoms with Crippen molar-refractivity contribution in [3.05, 3.63) is 41.9 Å². The lowest BCUT2D eigenvalue weighted by Crippen LogP contribution is -2.38. The Labute approximate surface area is 163 Å². The van der Waals surface area contributed by atoms with Crippen molar-refractivity contribution in [3.63, 3.8) is 0 Å². The minimum Gasteiger partial charge on any atom is -0.493 e. The number of nitrogens with zero attached hydrogens (tertiary/aromatic N) is 5. The zero-order valence-electron chi connectivity index (χ0n) is 16.3. The molecule has 1 amide bonds. The fourth-order valence-electron chi connectivity index (χ4n) is 3.79. The van der Waals surface area contributed by atoms with E-state index in [2.05, 4.69) is 15.1 Å². The fraction of sp³-hybridized carbons (Fsp3) is 0.400. The molecule has 1 saturated heterocycles. The van der Waals surface area contributed by atoms with Crippen molar-refractivity contribution >= 4 is 17.1 Å². The Morgan fingerprint density at radius 2 is 1.79 bits per heavy atom. The van der Waals surface area contributed by atoms with Crippen LogP contribution in [0.2, 0.25) is 0 Å². The van der Waals surface area contributed by atoms with Crippen molar-refractivity contribution in [1.29, 1.82) is 0 Å². The maximum atomic E-state index is 12.9. The molecule has 146 valence electrons. The number of piperidine rings is 1. The van der Waals surface area contributed by atoms with E-state index in [0.29, 0.717) is 30.2 Å². The molecule has 1 aliphatic heterocycles. The third kappa shape index (κ3) is 3.15. The Morgan fingerprint density at radius 3 is 2.50 bits per heavy atom. The highest BCUT2D eigenvalue weighted by atomic mass is 16.5. The minimum absolute atomic E-state index is 0.00470. The van der Waals surface area contributed by atoms with Crippen LogP contribution in [0.25, 0.3) is 11.2 Å². The molecule has 0 unspecified atom stereocenters. The molecule has 1 fully saturated rings. The van der Waals surface area contributed by atoms with E-state index in [9.17, 15) is 4.79 Å². The number of aromatic nitrogens is 4. The van der Waals surface area contributed by atoms with E-state index in [0.717, 1.165) is 29.7 Å². The number of likely N-dealkylation sites (tertiary alicyclic amines) is 1. The Hall–Kier alpha value is -3.16. The summed E-state index contributed by atoms with van der Waals surface area (Å²) in [5.74, 6) is 1.45. The number of fused-ring (bicyclic) bond motifs is 1. The quantitative estimate of drug-likeness (QED) is 0.690. The number of amides is 1. The highest BCUT2D eigenvalue weighted by molar-refractivity contribution is 5.95. The molecule has 1 aromatic carbocycles. The Kier molecular flexibility index (Phi) is 4.85. The highest BCUT2D eigenvalue weighted by Gasteiger charge is 2.28. The highest BCUT2D eigenvalue weighted by Crippen LogP contribution is 2.32. The van der Waals surface area contributed by atoms with E-state index in [-0.39, 0.29) is 11.8 Å². The van der Waals surface area contributed by atoms with Crippen LogP contribution >= 0.6 is 0 Å². The van der Waals surface area contributed by atoms with E-state index >= 15 is 0 Å². The maximum absolute atomic E-state index is 12.9. The monoisotopic (exact) mass is 381 g/mol. The summed E-state index contributed by atoms with van der Waals surface area (Å²) >= 11 is 0. The molecule has 0 aliphatic carbocycles. The van der Waals surface area contributed by atoms with Gasteiger partial charge in [-0.05, 0) is 31.0 Å². The third-order valence-electron chi connectivity index (χ3n) is 5.29. The van der Waals surface area contributed by atoms with Gasteiger partial charge in [-0.2, -0.15) is 5.10 Å². The van der Waals surface area contributed by atoms with E-state index in [1.165, 1.54) is 0 Å². The molecular weight excluding hydrogens is 358 g/mol. The van der Waals surface area contributed by atoms with Crippen molar-refractivity contribution in [3.8, 4) is 11.5 Å². The normalized spacial score (nSPS) is 15.0. The molecule has 3 aromatic rings. The lowest BCUT2D eigenvalue weighted by molar-refractivity contribution is 0.0712. The number of rotatable bonds is 4. The minimum atomic E-state index is 0.00470. The topological polar surface area (TPSA) is 82.4 Å². The summed E-state index contributed by atoms with van der Waals surface area (Å²) in [6.07, 6.45) is 5.07. The van der Waals surface area contributed by atoms with Crippen molar-refractivity contribution in [2.24, 2.45) is 7.05 Å². The van der Waals surface area contributed by atoms with Crippen molar-refractivity contribution < 1.29 is 14.3 Å². The van der Waals surface area contributed by atoms with Gasteiger partial charge in [-0.15, -0.1) is 0 Å². The molecular formula is C20H23N5O3. The number of hydrogen-bond acceptors (Lipinski definition) is 6. The first kappa shape index (κ1) is 18.2. The SMILES string of the molecule is COc1ccc(C(=O)N2CCC(c3nn(C)c4nccnc34)CC2)cc1OC. The molecule has 0 bridgehead atoms. The van der Waals surface area contributed by atoms with Crippen molar-refractivity contribution in [2.45, 2.75) is 18.8 Å². The molecule has 0 saturated carbocycles. The molecule has 0 atom stereocenters. The van der Waals surface area contributed by atoms with E-state index in [1.807, 2.05) is 11.9 Å². The van der Waals surface area contributed by atoms with Crippen LogP contribution in [0.3, 0.4) is 0 Å². The molecule has 3 heterocycles. The molecule has 1 aliphatic rings. The number of benzene rings is 1. The molecule has 8 nitrogen and oxygen atoms in total. The molecule has 4 rings (SSSR count). The predicted molar refractivity (Wildman–Crippen MR) is 104 cm³/mol. The van der Waals surface area contributed by atoms with Gasteiger partial charge in [-0.1, -0.05) is 0 Å². The summed E-state index contributed by atoms with van der Waals surface area (Å²) in [6, 6.07) is 5.27. The zero-order chi connectivity index (χ0) is 19.7. The van der Waals surface area contributed by atoms with Crippen LogP contribution in [0, 0.1) is 0 Å². The summed E-state index contributed by atoms with van der Waals surface area (Å²) in [4.78, 5) is 23.6. The van der Waals surface area contributed by atoms with Gasteiger partial charge in [0.15, 0.2) is 17.1 Å². The second-order valence-corrected chi connectivity index (χ2v) is 6.87. The molecule has 0 radical (unpaired) electrons. The van der Waals surface area contributed by atoms with Gasteiger partial charge in [0, 0.05) is 44.0 Å². The van der Waals surface area contributed by atoms with Gasteiger partial charge >= 0.3 is 0 Å². The van der Waals surface area contributed by atoms with Gasteiger partial charge in [0.05, 0.1) is 19.9 Å². The van der Waals surface area contributed by atoms with Crippen molar-refractivity contribution in [2.75, 3.05) is 27.3 Å². The number of methoxy groups -OCH3 is 2. The van der Waals surface area contributed by atoms with E-state index in [4.69, 9.17) is 9.47 Å². The van der Waals surface area contributed by atoms with Crippen LogP contribution in [0.4, 0.5) is 0 Å². The van der Waals surface area contributed by atoms with Crippen LogP contribution in [0.1, 0.15) is 34.8 Å². The van der Waals surface area contributed by atoms with E-state index in [1.54, 1.807) is 49.5 Å². The summed E-state index contributed by atoms with van der Waals surface area (Å²) in [6.45, 7) is 1.35. The van der Waals surface area contributed by atoms with Crippen LogP contribution in [-0.4, -0.2) is 57.9 Å². The Balaban J connectivity index is 1.49. The number of aryl methyl sites for hydroxylation is 1. The van der Waals surface area contributed by atoms with Crippen LogP contribution < -0.4 is 9.47 Å². The smallest absolute Gasteiger partial charge is 0.253 e. The standard InChI is InChI=1S/C20H23N5O3/c1-24-19-18(21-8-9-22-19)17(23-24)13-6-10-25(11-7-13)20(26)14-4-5-15(27-2)16(12-14)28-3/h4-5,8-9,12-13H,6-7,10-11H2,1-3H3. The predicted octanol–water partition coefficient (Wildman–Crippen LogP) is 2.40. The largest absolute Gasteiger partial charge is 0.493 e. The molecule has 8 heteroatoms. The Morgan fingerprint density at radius 1 is 1.07 bits per heavy atom. The lowest BCUT2D eigenvalue weighted by Gasteiger charge is -2.31. The lowest BCUT2D eigenvalue weighted by atomic mass is 9.92. The third-order valence-corrected chi connectivity index (χ3v) is 5.29. The van der Waals surface area contributed by atoms with Gasteiger partial charge < -0.3 is 14.4 Å². The zero-order valence-corrected chi connectivity index (χ0v) is 16.3. The van der Waals surface area contributed by atoms with Crippen LogP contribution in [-0.2, 0) is 7.05 Å². The first-order valence-electron chi connectivity index (χ1n) is 9.27. The second-order valence-electron chi connectivity index (χ2n) is 6.87. The molecule has 28 heavy (non-hydrogen) atoms. The number of ether oxygens (including phenoxy) is 2. The van der Waals surface area contributed by atoms with Gasteiger partial charge in [0.1, 0.15) is 5.52 Å². The number of carbonyl (C=O) groups excluding carboxylic acids is 1. The summed E-state index contributed by atoms with van der Waals surface area (Å²) < 4.78 is 12.3. The van der Waals surface area contributed by atoms with Gasteiger partial charge in [-0.3, -0.25) is 4.79 Å². The van der Waals surface area contributed by atoms with Crippen LogP contribution in [0.5, 0.6) is 11.5 Å². The first-order chi connectivity index (χ1) is 13.6. The van der Waals surface area contributed by atoms with Crippen molar-refractivity contribution in [1.82, 2.24) is 24.6 Å². The maximum Gasteiger partial charge on any atom is 0.253 e.